The Morgan fingerprint density at radius 2 is 2.00 bits per heavy atom. The Bertz CT molecular complexity index is 597. The molecule has 2 amide bonds. The van der Waals surface area contributed by atoms with Gasteiger partial charge in [-0.15, -0.1) is 0 Å². The second-order valence-corrected chi connectivity index (χ2v) is 5.42. The van der Waals surface area contributed by atoms with E-state index in [9.17, 15) is 14.4 Å². The minimum Gasteiger partial charge on any atom is -0.480 e. The molecular formula is C14H13BrN2O4. The maximum Gasteiger partial charge on any atom is 0.328 e. The summed E-state index contributed by atoms with van der Waals surface area (Å²) < 4.78 is 0.921. The van der Waals surface area contributed by atoms with Gasteiger partial charge < -0.3 is 15.3 Å². The van der Waals surface area contributed by atoms with Crippen LogP contribution in [-0.2, 0) is 14.4 Å². The fourth-order valence-corrected chi connectivity index (χ4v) is 2.20. The molecule has 0 aromatic heterocycles. The Balaban J connectivity index is 2.11. The molecule has 1 aromatic rings. The van der Waals surface area contributed by atoms with Crippen molar-refractivity contribution < 1.29 is 19.5 Å². The molecule has 1 atom stereocenters. The first-order valence-electron chi connectivity index (χ1n) is 6.21. The second-order valence-electron chi connectivity index (χ2n) is 4.51. The van der Waals surface area contributed by atoms with Crippen molar-refractivity contribution in [2.45, 2.75) is 6.04 Å². The smallest absolute Gasteiger partial charge is 0.328 e. The van der Waals surface area contributed by atoms with Gasteiger partial charge in [-0.1, -0.05) is 28.1 Å². The van der Waals surface area contributed by atoms with Crippen LogP contribution in [0.15, 0.2) is 34.8 Å². The number of rotatable bonds is 3. The van der Waals surface area contributed by atoms with Crippen molar-refractivity contribution in [3.05, 3.63) is 40.4 Å². The zero-order valence-corrected chi connectivity index (χ0v) is 12.5. The van der Waals surface area contributed by atoms with Crippen molar-refractivity contribution in [1.29, 1.82) is 0 Å². The predicted octanol–water partition coefficient (Wildman–Crippen LogP) is 0.874. The van der Waals surface area contributed by atoms with Gasteiger partial charge in [-0.3, -0.25) is 9.59 Å². The third kappa shape index (κ3) is 3.91. The van der Waals surface area contributed by atoms with E-state index in [1.807, 2.05) is 24.3 Å². The molecule has 0 aliphatic carbocycles. The van der Waals surface area contributed by atoms with Crippen molar-refractivity contribution in [2.24, 2.45) is 0 Å². The molecule has 0 saturated carbocycles. The van der Waals surface area contributed by atoms with Gasteiger partial charge in [0, 0.05) is 17.1 Å². The molecule has 1 unspecified atom stereocenters. The molecule has 2 N–H and O–H groups in total. The van der Waals surface area contributed by atoms with Gasteiger partial charge in [0.1, 0.15) is 12.6 Å². The number of amides is 2. The lowest BCUT2D eigenvalue weighted by molar-refractivity contribution is -0.152. The minimum atomic E-state index is -1.14. The number of aliphatic carboxylic acids is 1. The van der Waals surface area contributed by atoms with Crippen LogP contribution in [0.5, 0.6) is 0 Å². The SMILES string of the molecule is O=C1CN(C(=O)/C=C/c2ccc(Br)cc2)C(C(=O)O)CN1. The topological polar surface area (TPSA) is 86.7 Å². The highest BCUT2D eigenvalue weighted by Gasteiger charge is 2.34. The molecule has 0 radical (unpaired) electrons. The first-order valence-corrected chi connectivity index (χ1v) is 7.00. The Morgan fingerprint density at radius 1 is 1.33 bits per heavy atom. The number of carbonyl (C=O) groups excluding carboxylic acids is 2. The van der Waals surface area contributed by atoms with E-state index < -0.39 is 17.9 Å². The molecule has 1 aromatic carbocycles. The second kappa shape index (κ2) is 6.53. The zero-order valence-electron chi connectivity index (χ0n) is 11.0. The van der Waals surface area contributed by atoms with Crippen LogP contribution in [-0.4, -0.2) is 46.9 Å². The first-order chi connectivity index (χ1) is 9.97. The van der Waals surface area contributed by atoms with Crippen LogP contribution in [0.25, 0.3) is 6.08 Å². The van der Waals surface area contributed by atoms with Gasteiger partial charge in [-0.2, -0.15) is 0 Å². The minimum absolute atomic E-state index is 0.0774. The summed E-state index contributed by atoms with van der Waals surface area (Å²) in [6.07, 6.45) is 2.86. The highest BCUT2D eigenvalue weighted by molar-refractivity contribution is 9.10. The van der Waals surface area contributed by atoms with Crippen LogP contribution in [0.3, 0.4) is 0 Å². The Morgan fingerprint density at radius 3 is 2.62 bits per heavy atom. The molecule has 1 fully saturated rings. The van der Waals surface area contributed by atoms with E-state index in [1.54, 1.807) is 6.08 Å². The standard InChI is InChI=1S/C14H13BrN2O4/c15-10-4-1-9(2-5-10)3-6-13(19)17-8-12(18)16-7-11(17)14(20)21/h1-6,11H,7-8H2,(H,16,18)(H,20,21)/b6-3+. The van der Waals surface area contributed by atoms with E-state index in [-0.39, 0.29) is 19.0 Å². The van der Waals surface area contributed by atoms with Gasteiger partial charge in [0.2, 0.25) is 11.8 Å². The summed E-state index contributed by atoms with van der Waals surface area (Å²) in [6.45, 7) is -0.327. The molecule has 1 aliphatic heterocycles. The summed E-state index contributed by atoms with van der Waals surface area (Å²) >= 11 is 3.31. The number of nitrogens with zero attached hydrogens (tertiary/aromatic N) is 1. The molecule has 7 heteroatoms. The van der Waals surface area contributed by atoms with Gasteiger partial charge in [0.25, 0.3) is 0 Å². The lowest BCUT2D eigenvalue weighted by Gasteiger charge is -2.31. The lowest BCUT2D eigenvalue weighted by atomic mass is 10.1. The maximum absolute atomic E-state index is 12.1. The molecular weight excluding hydrogens is 340 g/mol. The number of hydrogen-bond donors (Lipinski definition) is 2. The Hall–Kier alpha value is -2.15. The molecule has 0 spiro atoms. The number of benzene rings is 1. The van der Waals surface area contributed by atoms with E-state index in [0.29, 0.717) is 0 Å². The normalized spacial score (nSPS) is 18.6. The van der Waals surface area contributed by atoms with Crippen LogP contribution in [0.1, 0.15) is 5.56 Å². The van der Waals surface area contributed by atoms with E-state index >= 15 is 0 Å². The third-order valence-corrected chi connectivity index (χ3v) is 3.57. The monoisotopic (exact) mass is 352 g/mol. The van der Waals surface area contributed by atoms with Crippen LogP contribution < -0.4 is 5.32 Å². The summed E-state index contributed by atoms with van der Waals surface area (Å²) in [6, 6.07) is 6.25. The molecule has 21 heavy (non-hydrogen) atoms. The number of halogens is 1. The van der Waals surface area contributed by atoms with Crippen LogP contribution in [0, 0.1) is 0 Å². The number of hydrogen-bond acceptors (Lipinski definition) is 3. The average molecular weight is 353 g/mol. The summed E-state index contributed by atoms with van der Waals surface area (Å²) in [7, 11) is 0. The van der Waals surface area contributed by atoms with Crippen LogP contribution >= 0.6 is 15.9 Å². The van der Waals surface area contributed by atoms with E-state index in [4.69, 9.17) is 5.11 Å². The predicted molar refractivity (Wildman–Crippen MR) is 79.3 cm³/mol. The van der Waals surface area contributed by atoms with Crippen molar-refractivity contribution in [3.63, 3.8) is 0 Å². The summed E-state index contributed by atoms with van der Waals surface area (Å²) in [5.74, 6) is -2.00. The summed E-state index contributed by atoms with van der Waals surface area (Å²) in [4.78, 5) is 35.6. The van der Waals surface area contributed by atoms with Crippen molar-refractivity contribution >= 4 is 39.8 Å². The van der Waals surface area contributed by atoms with Crippen LogP contribution in [0.2, 0.25) is 0 Å². The van der Waals surface area contributed by atoms with Gasteiger partial charge in [0.05, 0.1) is 0 Å². The molecule has 1 aliphatic rings. The van der Waals surface area contributed by atoms with E-state index in [0.717, 1.165) is 14.9 Å². The fraction of sp³-hybridized carbons (Fsp3) is 0.214. The average Bonchev–Trinajstić information content (AvgIpc) is 2.46. The number of piperazine rings is 1. The third-order valence-electron chi connectivity index (χ3n) is 3.04. The van der Waals surface area contributed by atoms with Gasteiger partial charge in [-0.05, 0) is 23.8 Å². The van der Waals surface area contributed by atoms with E-state index in [1.165, 1.54) is 6.08 Å². The van der Waals surface area contributed by atoms with Crippen molar-refractivity contribution in [2.75, 3.05) is 13.1 Å². The summed E-state index contributed by atoms with van der Waals surface area (Å²) in [5, 5.41) is 11.5. The van der Waals surface area contributed by atoms with Crippen LogP contribution in [0.4, 0.5) is 0 Å². The Labute approximate surface area is 129 Å². The highest BCUT2D eigenvalue weighted by atomic mass is 79.9. The zero-order chi connectivity index (χ0) is 15.4. The Kier molecular flexibility index (Phi) is 4.74. The van der Waals surface area contributed by atoms with Crippen molar-refractivity contribution in [3.8, 4) is 0 Å². The number of carboxylic acid groups (broad SMARTS) is 1. The molecule has 0 bridgehead atoms. The molecule has 6 nitrogen and oxygen atoms in total. The molecule has 1 saturated heterocycles. The highest BCUT2D eigenvalue weighted by Crippen LogP contribution is 2.12. The summed E-state index contributed by atoms with van der Waals surface area (Å²) in [5.41, 5.74) is 0.805. The van der Waals surface area contributed by atoms with Gasteiger partial charge in [-0.25, -0.2) is 4.79 Å². The van der Waals surface area contributed by atoms with Gasteiger partial charge >= 0.3 is 5.97 Å². The largest absolute Gasteiger partial charge is 0.480 e. The number of carbonyl (C=O) groups is 3. The van der Waals surface area contributed by atoms with E-state index in [2.05, 4.69) is 21.2 Å². The molecule has 2 rings (SSSR count). The molecule has 110 valence electrons. The maximum atomic E-state index is 12.1. The number of carboxylic acids is 1. The lowest BCUT2D eigenvalue weighted by Crippen LogP contribution is -2.59. The fourth-order valence-electron chi connectivity index (χ4n) is 1.93. The molecule has 1 heterocycles. The van der Waals surface area contributed by atoms with Crippen molar-refractivity contribution in [1.82, 2.24) is 10.2 Å². The first kappa shape index (κ1) is 15.2. The quantitative estimate of drug-likeness (QED) is 0.790. The van der Waals surface area contributed by atoms with Gasteiger partial charge in [0.15, 0.2) is 0 Å². The number of nitrogens with one attached hydrogen (secondary N) is 1.